The van der Waals surface area contributed by atoms with Crippen LogP contribution in [0.25, 0.3) is 0 Å². The summed E-state index contributed by atoms with van der Waals surface area (Å²) in [7, 11) is 2.22. The molecule has 1 aromatic rings. The number of hydrogen-bond donors (Lipinski definition) is 1. The Bertz CT molecular complexity index is 462. The van der Waals surface area contributed by atoms with Gasteiger partial charge in [0, 0.05) is 38.4 Å². The number of aryl methyl sites for hydroxylation is 1. The topological polar surface area (TPSA) is 18.5 Å². The smallest absolute Gasteiger partial charge is 0.0393 e. The fourth-order valence-corrected chi connectivity index (χ4v) is 3.22. The minimum Gasteiger partial charge on any atom is -0.373 e. The molecule has 1 aromatic carbocycles. The maximum absolute atomic E-state index is 3.59. The van der Waals surface area contributed by atoms with Gasteiger partial charge in [-0.3, -0.25) is 0 Å². The highest BCUT2D eigenvalue weighted by atomic mass is 15.2. The fraction of sp³-hybridized carbons (Fsp3) is 0.667. The second-order valence-electron chi connectivity index (χ2n) is 6.75. The highest BCUT2D eigenvalue weighted by Gasteiger charge is 2.20. The maximum Gasteiger partial charge on any atom is 0.0393 e. The number of rotatable bonds is 7. The van der Waals surface area contributed by atoms with Gasteiger partial charge in [0.1, 0.15) is 0 Å². The van der Waals surface area contributed by atoms with Gasteiger partial charge in [0.15, 0.2) is 0 Å². The van der Waals surface area contributed by atoms with E-state index in [2.05, 4.69) is 47.3 Å². The van der Waals surface area contributed by atoms with E-state index in [1.807, 2.05) is 0 Å². The van der Waals surface area contributed by atoms with Crippen molar-refractivity contribution in [2.45, 2.75) is 45.2 Å². The van der Waals surface area contributed by atoms with E-state index in [-0.39, 0.29) is 0 Å². The van der Waals surface area contributed by atoms with E-state index >= 15 is 0 Å². The molecule has 1 aliphatic heterocycles. The number of benzene rings is 1. The van der Waals surface area contributed by atoms with Gasteiger partial charge in [-0.25, -0.2) is 0 Å². The Balaban J connectivity index is 1.52. The molecule has 0 amide bonds. The van der Waals surface area contributed by atoms with Gasteiger partial charge < -0.3 is 15.1 Å². The molecule has 0 bridgehead atoms. The minimum atomic E-state index is 0.785. The molecule has 3 heteroatoms. The number of nitrogens with one attached hydrogen (secondary N) is 1. The highest BCUT2D eigenvalue weighted by molar-refractivity contribution is 5.54. The second-order valence-corrected chi connectivity index (χ2v) is 6.75. The van der Waals surface area contributed by atoms with Crippen LogP contribution < -0.4 is 10.2 Å². The minimum absolute atomic E-state index is 0.785. The molecule has 3 nitrogen and oxygen atoms in total. The van der Waals surface area contributed by atoms with Crippen molar-refractivity contribution in [1.82, 2.24) is 10.2 Å². The van der Waals surface area contributed by atoms with Crippen LogP contribution in [-0.4, -0.2) is 44.2 Å². The maximum atomic E-state index is 3.59. The lowest BCUT2D eigenvalue weighted by Crippen LogP contribution is -2.31. The number of anilines is 1. The van der Waals surface area contributed by atoms with Gasteiger partial charge in [-0.15, -0.1) is 0 Å². The molecule has 1 saturated heterocycles. The van der Waals surface area contributed by atoms with Crippen molar-refractivity contribution in [1.29, 1.82) is 0 Å². The van der Waals surface area contributed by atoms with Crippen LogP contribution in [0.5, 0.6) is 0 Å². The van der Waals surface area contributed by atoms with Crippen LogP contribution in [-0.2, 0) is 6.54 Å². The second kappa shape index (κ2) is 6.80. The molecule has 116 valence electrons. The summed E-state index contributed by atoms with van der Waals surface area (Å²) in [5.41, 5.74) is 4.19. The van der Waals surface area contributed by atoms with Crippen molar-refractivity contribution >= 4 is 5.69 Å². The van der Waals surface area contributed by atoms with Gasteiger partial charge in [0.05, 0.1) is 0 Å². The third-order valence-corrected chi connectivity index (χ3v) is 4.79. The van der Waals surface area contributed by atoms with Gasteiger partial charge in [0.2, 0.25) is 0 Å². The van der Waals surface area contributed by atoms with Crippen LogP contribution in [0, 0.1) is 6.92 Å². The summed E-state index contributed by atoms with van der Waals surface area (Å²) < 4.78 is 0. The van der Waals surface area contributed by atoms with Crippen molar-refractivity contribution in [3.63, 3.8) is 0 Å². The first kappa shape index (κ1) is 14.9. The van der Waals surface area contributed by atoms with Crippen molar-refractivity contribution in [3.05, 3.63) is 29.3 Å². The Morgan fingerprint density at radius 1 is 1.24 bits per heavy atom. The molecule has 2 aliphatic rings. The molecule has 0 radical (unpaired) electrons. The zero-order valence-electron chi connectivity index (χ0n) is 13.6. The van der Waals surface area contributed by atoms with E-state index in [1.54, 1.807) is 0 Å². The summed E-state index contributed by atoms with van der Waals surface area (Å²) in [5.74, 6) is 0. The van der Waals surface area contributed by atoms with Crippen LogP contribution >= 0.6 is 0 Å². The third-order valence-electron chi connectivity index (χ3n) is 4.79. The normalized spacial score (nSPS) is 19.1. The quantitative estimate of drug-likeness (QED) is 0.832. The van der Waals surface area contributed by atoms with E-state index < -0.39 is 0 Å². The largest absolute Gasteiger partial charge is 0.373 e. The molecule has 1 aliphatic carbocycles. The SMILES string of the molecule is Cc1cc(CNC2CC2)ccc1N(C)CCN1CCCC1. The van der Waals surface area contributed by atoms with Crippen molar-refractivity contribution in [2.24, 2.45) is 0 Å². The van der Waals surface area contributed by atoms with Crippen LogP contribution in [0.3, 0.4) is 0 Å². The first-order valence-corrected chi connectivity index (χ1v) is 8.49. The average Bonchev–Trinajstić information content (AvgIpc) is 3.16. The third kappa shape index (κ3) is 4.21. The van der Waals surface area contributed by atoms with E-state index in [0.717, 1.165) is 19.1 Å². The number of nitrogens with zero attached hydrogens (tertiary/aromatic N) is 2. The Morgan fingerprint density at radius 2 is 2.00 bits per heavy atom. The number of likely N-dealkylation sites (N-methyl/N-ethyl adjacent to an activating group) is 1. The summed E-state index contributed by atoms with van der Waals surface area (Å²) in [4.78, 5) is 4.99. The van der Waals surface area contributed by atoms with Gasteiger partial charge in [0.25, 0.3) is 0 Å². The molecule has 0 spiro atoms. The molecule has 1 N–H and O–H groups in total. The van der Waals surface area contributed by atoms with Crippen molar-refractivity contribution < 1.29 is 0 Å². The first-order valence-electron chi connectivity index (χ1n) is 8.49. The Morgan fingerprint density at radius 3 is 2.67 bits per heavy atom. The lowest BCUT2D eigenvalue weighted by Gasteiger charge is -2.25. The fourth-order valence-electron chi connectivity index (χ4n) is 3.22. The molecule has 21 heavy (non-hydrogen) atoms. The summed E-state index contributed by atoms with van der Waals surface area (Å²) in [5, 5.41) is 3.59. The number of hydrogen-bond acceptors (Lipinski definition) is 3. The predicted octanol–water partition coefficient (Wildman–Crippen LogP) is 2.78. The summed E-state index contributed by atoms with van der Waals surface area (Å²) in [6.45, 7) is 8.16. The summed E-state index contributed by atoms with van der Waals surface area (Å²) >= 11 is 0. The first-order chi connectivity index (χ1) is 10.2. The van der Waals surface area contributed by atoms with Gasteiger partial charge in [-0.05, 0) is 62.9 Å². The summed E-state index contributed by atoms with van der Waals surface area (Å²) in [6.07, 6.45) is 5.48. The molecular weight excluding hydrogens is 258 g/mol. The Hall–Kier alpha value is -1.06. The van der Waals surface area contributed by atoms with Crippen LogP contribution in [0.1, 0.15) is 36.8 Å². The van der Waals surface area contributed by atoms with E-state index in [4.69, 9.17) is 0 Å². The summed E-state index contributed by atoms with van der Waals surface area (Å²) in [6, 6.07) is 7.71. The lowest BCUT2D eigenvalue weighted by atomic mass is 10.1. The molecular formula is C18H29N3. The number of likely N-dealkylation sites (tertiary alicyclic amines) is 1. The average molecular weight is 287 g/mol. The molecule has 3 rings (SSSR count). The van der Waals surface area contributed by atoms with E-state index in [1.165, 1.54) is 62.1 Å². The molecule has 2 fully saturated rings. The Labute approximate surface area is 129 Å². The van der Waals surface area contributed by atoms with Crippen LogP contribution in [0.2, 0.25) is 0 Å². The van der Waals surface area contributed by atoms with E-state index in [0.29, 0.717) is 0 Å². The van der Waals surface area contributed by atoms with Crippen LogP contribution in [0.4, 0.5) is 5.69 Å². The monoisotopic (exact) mass is 287 g/mol. The predicted molar refractivity (Wildman–Crippen MR) is 90.0 cm³/mol. The standard InChI is InChI=1S/C18H29N3/c1-15-13-16(14-19-17-6-7-17)5-8-18(15)20(2)11-12-21-9-3-4-10-21/h5,8,13,17,19H,3-4,6-7,9-12,14H2,1-2H3. The van der Waals surface area contributed by atoms with Gasteiger partial charge in [-0.2, -0.15) is 0 Å². The molecule has 1 heterocycles. The molecule has 1 saturated carbocycles. The zero-order valence-corrected chi connectivity index (χ0v) is 13.6. The highest BCUT2D eigenvalue weighted by Crippen LogP contribution is 2.22. The van der Waals surface area contributed by atoms with E-state index in [9.17, 15) is 0 Å². The molecule has 0 atom stereocenters. The Kier molecular flexibility index (Phi) is 4.81. The van der Waals surface area contributed by atoms with Gasteiger partial charge in [-0.1, -0.05) is 12.1 Å². The zero-order chi connectivity index (χ0) is 14.7. The van der Waals surface area contributed by atoms with Crippen molar-refractivity contribution in [3.8, 4) is 0 Å². The lowest BCUT2D eigenvalue weighted by molar-refractivity contribution is 0.346. The van der Waals surface area contributed by atoms with Crippen molar-refractivity contribution in [2.75, 3.05) is 38.1 Å². The van der Waals surface area contributed by atoms with Crippen LogP contribution in [0.15, 0.2) is 18.2 Å². The van der Waals surface area contributed by atoms with Gasteiger partial charge >= 0.3 is 0 Å². The molecule has 0 aromatic heterocycles. The molecule has 0 unspecified atom stereocenters.